The number of rotatable bonds is 7. The monoisotopic (exact) mass is 256 g/mol. The zero-order valence-electron chi connectivity index (χ0n) is 10.5. The molecule has 0 atom stereocenters. The van der Waals surface area contributed by atoms with Crippen LogP contribution in [0.25, 0.3) is 0 Å². The molecule has 18 heavy (non-hydrogen) atoms. The number of aromatic carboxylic acids is 1. The first-order valence-electron chi connectivity index (χ1n) is 6.28. The molecule has 0 aliphatic carbocycles. The summed E-state index contributed by atoms with van der Waals surface area (Å²) in [5.74, 6) is -3.72. The normalized spacial score (nSPS) is 10.6. The molecule has 0 aliphatic heterocycles. The Bertz CT molecular complexity index is 417. The summed E-state index contributed by atoms with van der Waals surface area (Å²) in [5, 5.41) is 8.65. The van der Waals surface area contributed by atoms with E-state index >= 15 is 0 Å². The molecule has 4 heteroatoms. The van der Waals surface area contributed by atoms with E-state index in [4.69, 9.17) is 5.11 Å². The van der Waals surface area contributed by atoms with Gasteiger partial charge in [0.15, 0.2) is 11.6 Å². The van der Waals surface area contributed by atoms with Crippen molar-refractivity contribution >= 4 is 5.97 Å². The van der Waals surface area contributed by atoms with Crippen LogP contribution in [0, 0.1) is 11.6 Å². The minimum Gasteiger partial charge on any atom is -0.478 e. The standard InChI is InChI=1S/C14H18F2O2/c1-2-3-4-5-6-7-10-8-9-11(14(17)18)13(16)12(10)15/h8-9H,2-7H2,1H3,(H,17,18). The van der Waals surface area contributed by atoms with Gasteiger partial charge in [0.1, 0.15) is 0 Å². The molecule has 100 valence electrons. The summed E-state index contributed by atoms with van der Waals surface area (Å²) in [6, 6.07) is 2.49. The summed E-state index contributed by atoms with van der Waals surface area (Å²) in [4.78, 5) is 10.6. The van der Waals surface area contributed by atoms with Crippen molar-refractivity contribution in [2.45, 2.75) is 45.4 Å². The van der Waals surface area contributed by atoms with Crippen LogP contribution in [0.3, 0.4) is 0 Å². The molecule has 0 aliphatic rings. The van der Waals surface area contributed by atoms with E-state index in [1.54, 1.807) is 0 Å². The van der Waals surface area contributed by atoms with E-state index in [0.717, 1.165) is 38.2 Å². The minimum atomic E-state index is -1.44. The van der Waals surface area contributed by atoms with Gasteiger partial charge in [0.05, 0.1) is 5.56 Å². The van der Waals surface area contributed by atoms with Crippen LogP contribution in [0.2, 0.25) is 0 Å². The van der Waals surface area contributed by atoms with E-state index in [1.807, 2.05) is 0 Å². The number of carboxylic acids is 1. The molecular formula is C14H18F2O2. The van der Waals surface area contributed by atoms with Gasteiger partial charge in [0.25, 0.3) is 0 Å². The fourth-order valence-corrected chi connectivity index (χ4v) is 1.87. The molecule has 0 bridgehead atoms. The molecule has 0 amide bonds. The molecule has 1 rings (SSSR count). The van der Waals surface area contributed by atoms with Crippen molar-refractivity contribution in [2.75, 3.05) is 0 Å². The molecule has 0 spiro atoms. The molecule has 0 heterocycles. The summed E-state index contributed by atoms with van der Waals surface area (Å²) >= 11 is 0. The third-order valence-corrected chi connectivity index (χ3v) is 2.94. The van der Waals surface area contributed by atoms with Crippen molar-refractivity contribution in [3.8, 4) is 0 Å². The Hall–Kier alpha value is -1.45. The number of hydrogen-bond acceptors (Lipinski definition) is 1. The Labute approximate surface area is 106 Å². The lowest BCUT2D eigenvalue weighted by molar-refractivity contribution is 0.0690. The first-order chi connectivity index (χ1) is 8.57. The van der Waals surface area contributed by atoms with Crippen molar-refractivity contribution < 1.29 is 18.7 Å². The van der Waals surface area contributed by atoms with Gasteiger partial charge in [0.2, 0.25) is 0 Å². The molecule has 0 aromatic heterocycles. The lowest BCUT2D eigenvalue weighted by atomic mass is 10.0. The fourth-order valence-electron chi connectivity index (χ4n) is 1.87. The molecule has 1 N–H and O–H groups in total. The van der Waals surface area contributed by atoms with Crippen molar-refractivity contribution in [3.05, 3.63) is 34.9 Å². The number of carbonyl (C=O) groups is 1. The largest absolute Gasteiger partial charge is 0.478 e. The molecular weight excluding hydrogens is 238 g/mol. The molecule has 1 aromatic carbocycles. The average Bonchev–Trinajstić information content (AvgIpc) is 2.33. The number of halogens is 2. The van der Waals surface area contributed by atoms with Crippen LogP contribution in [-0.2, 0) is 6.42 Å². The minimum absolute atomic E-state index is 0.258. The van der Waals surface area contributed by atoms with Crippen molar-refractivity contribution in [2.24, 2.45) is 0 Å². The Morgan fingerprint density at radius 2 is 1.78 bits per heavy atom. The van der Waals surface area contributed by atoms with E-state index in [-0.39, 0.29) is 5.56 Å². The van der Waals surface area contributed by atoms with E-state index in [9.17, 15) is 13.6 Å². The molecule has 0 fully saturated rings. The van der Waals surface area contributed by atoms with Gasteiger partial charge < -0.3 is 5.11 Å². The zero-order valence-corrected chi connectivity index (χ0v) is 10.5. The molecule has 0 unspecified atom stereocenters. The summed E-state index contributed by atoms with van der Waals surface area (Å²) in [5.41, 5.74) is -0.351. The van der Waals surface area contributed by atoms with Crippen molar-refractivity contribution in [1.82, 2.24) is 0 Å². The van der Waals surface area contributed by atoms with E-state index in [2.05, 4.69) is 6.92 Å². The first-order valence-corrected chi connectivity index (χ1v) is 6.28. The fraction of sp³-hybridized carbons (Fsp3) is 0.500. The molecule has 2 nitrogen and oxygen atoms in total. The second-order valence-electron chi connectivity index (χ2n) is 4.37. The second kappa shape index (κ2) is 7.09. The maximum Gasteiger partial charge on any atom is 0.338 e. The van der Waals surface area contributed by atoms with Crippen molar-refractivity contribution in [1.29, 1.82) is 0 Å². The zero-order chi connectivity index (χ0) is 13.5. The Balaban J connectivity index is 2.62. The Kier molecular flexibility index (Phi) is 5.75. The predicted molar refractivity (Wildman–Crippen MR) is 65.8 cm³/mol. The third-order valence-electron chi connectivity index (χ3n) is 2.94. The quantitative estimate of drug-likeness (QED) is 0.743. The number of benzene rings is 1. The van der Waals surface area contributed by atoms with Gasteiger partial charge in [-0.15, -0.1) is 0 Å². The Morgan fingerprint density at radius 3 is 2.39 bits per heavy atom. The van der Waals surface area contributed by atoms with Crippen molar-refractivity contribution in [3.63, 3.8) is 0 Å². The maximum absolute atomic E-state index is 13.6. The van der Waals surface area contributed by atoms with Gasteiger partial charge in [-0.25, -0.2) is 13.6 Å². The lowest BCUT2D eigenvalue weighted by Crippen LogP contribution is -2.05. The predicted octanol–water partition coefficient (Wildman–Crippen LogP) is 4.18. The van der Waals surface area contributed by atoms with Gasteiger partial charge in [-0.1, -0.05) is 38.7 Å². The second-order valence-corrected chi connectivity index (χ2v) is 4.37. The SMILES string of the molecule is CCCCCCCc1ccc(C(=O)O)c(F)c1F. The van der Waals surface area contributed by atoms with Gasteiger partial charge in [0, 0.05) is 0 Å². The molecule has 0 saturated heterocycles. The summed E-state index contributed by atoms with van der Waals surface area (Å²) in [6.45, 7) is 2.11. The highest BCUT2D eigenvalue weighted by Gasteiger charge is 2.17. The van der Waals surface area contributed by atoms with Crippen LogP contribution in [-0.4, -0.2) is 11.1 Å². The molecule has 0 radical (unpaired) electrons. The number of aryl methyl sites for hydroxylation is 1. The van der Waals surface area contributed by atoms with E-state index in [1.165, 1.54) is 6.07 Å². The van der Waals surface area contributed by atoms with Gasteiger partial charge in [-0.3, -0.25) is 0 Å². The number of carboxylic acid groups (broad SMARTS) is 1. The van der Waals surface area contributed by atoms with Crippen LogP contribution in [0.15, 0.2) is 12.1 Å². The first kappa shape index (κ1) is 14.6. The lowest BCUT2D eigenvalue weighted by Gasteiger charge is -2.06. The van der Waals surface area contributed by atoms with Gasteiger partial charge in [-0.2, -0.15) is 0 Å². The number of hydrogen-bond donors (Lipinski definition) is 1. The summed E-state index contributed by atoms with van der Waals surface area (Å²) in [6.07, 6.45) is 5.60. The smallest absolute Gasteiger partial charge is 0.338 e. The van der Waals surface area contributed by atoms with Crippen LogP contribution in [0.1, 0.15) is 54.9 Å². The summed E-state index contributed by atoms with van der Waals surface area (Å²) < 4.78 is 26.9. The van der Waals surface area contributed by atoms with E-state index < -0.39 is 23.2 Å². The van der Waals surface area contributed by atoms with Crippen LogP contribution in [0.4, 0.5) is 8.78 Å². The number of unbranched alkanes of at least 4 members (excludes halogenated alkanes) is 4. The highest BCUT2D eigenvalue weighted by molar-refractivity contribution is 5.88. The van der Waals surface area contributed by atoms with Gasteiger partial charge in [-0.05, 0) is 24.5 Å². The van der Waals surface area contributed by atoms with E-state index in [0.29, 0.717) is 6.42 Å². The highest BCUT2D eigenvalue weighted by atomic mass is 19.2. The summed E-state index contributed by atoms with van der Waals surface area (Å²) in [7, 11) is 0. The third kappa shape index (κ3) is 3.79. The van der Waals surface area contributed by atoms with Crippen LogP contribution >= 0.6 is 0 Å². The van der Waals surface area contributed by atoms with Gasteiger partial charge >= 0.3 is 5.97 Å². The average molecular weight is 256 g/mol. The maximum atomic E-state index is 13.6. The topological polar surface area (TPSA) is 37.3 Å². The van der Waals surface area contributed by atoms with Crippen LogP contribution in [0.5, 0.6) is 0 Å². The molecule has 1 aromatic rings. The molecule has 0 saturated carbocycles. The Morgan fingerprint density at radius 1 is 1.11 bits per heavy atom. The highest BCUT2D eigenvalue weighted by Crippen LogP contribution is 2.18. The van der Waals surface area contributed by atoms with Crippen LogP contribution < -0.4 is 0 Å².